The van der Waals surface area contributed by atoms with Gasteiger partial charge in [0.1, 0.15) is 5.60 Å². The molecular weight excluding hydrogens is 318 g/mol. The lowest BCUT2D eigenvalue weighted by Crippen LogP contribution is -2.46. The Morgan fingerprint density at radius 2 is 2.05 bits per heavy atom. The fourth-order valence-electron chi connectivity index (χ4n) is 3.05. The van der Waals surface area contributed by atoms with Crippen LogP contribution in [0.25, 0.3) is 0 Å². The van der Waals surface area contributed by atoms with Gasteiger partial charge in [-0.2, -0.15) is 0 Å². The molecule has 1 aromatic rings. The van der Waals surface area contributed by atoms with Gasteiger partial charge in [-0.3, -0.25) is 0 Å². The zero-order valence-corrected chi connectivity index (χ0v) is 13.7. The Labute approximate surface area is 128 Å². The normalized spacial score (nSPS) is 24.5. The average Bonchev–Trinajstić information content (AvgIpc) is 2.49. The predicted molar refractivity (Wildman–Crippen MR) is 81.7 cm³/mol. The van der Waals surface area contributed by atoms with Crippen molar-refractivity contribution in [2.24, 2.45) is 0 Å². The van der Waals surface area contributed by atoms with E-state index in [1.54, 1.807) is 0 Å². The summed E-state index contributed by atoms with van der Waals surface area (Å²) in [6, 6.07) is 6.75. The van der Waals surface area contributed by atoms with Crippen LogP contribution >= 0.6 is 15.9 Å². The second-order valence-electron chi connectivity index (χ2n) is 6.77. The van der Waals surface area contributed by atoms with Crippen molar-refractivity contribution in [1.29, 1.82) is 0 Å². The van der Waals surface area contributed by atoms with Crippen molar-refractivity contribution < 1.29 is 9.53 Å². The van der Waals surface area contributed by atoms with Crippen molar-refractivity contribution in [1.82, 2.24) is 4.90 Å². The summed E-state index contributed by atoms with van der Waals surface area (Å²) in [5, 5.41) is 0. The molecule has 2 heterocycles. The van der Waals surface area contributed by atoms with Gasteiger partial charge in [-0.1, -0.05) is 22.0 Å². The SMILES string of the molecule is CC(C)(C)OC(=O)N1Cc2cc(Br)ccc2C2CC1C2. The summed E-state index contributed by atoms with van der Waals surface area (Å²) in [5.41, 5.74) is 2.21. The van der Waals surface area contributed by atoms with Crippen molar-refractivity contribution in [3.05, 3.63) is 33.8 Å². The molecule has 4 rings (SSSR count). The van der Waals surface area contributed by atoms with Crippen LogP contribution in [0.2, 0.25) is 0 Å². The Morgan fingerprint density at radius 3 is 2.70 bits per heavy atom. The molecule has 3 aliphatic rings. The van der Waals surface area contributed by atoms with Crippen LogP contribution in [0.1, 0.15) is 50.7 Å². The number of carbonyl (C=O) groups is 1. The molecule has 0 N–H and O–H groups in total. The summed E-state index contributed by atoms with van der Waals surface area (Å²) >= 11 is 3.52. The third-order valence-corrected chi connectivity index (χ3v) is 4.56. The van der Waals surface area contributed by atoms with E-state index in [9.17, 15) is 4.79 Å². The molecule has 1 saturated carbocycles. The fourth-order valence-corrected chi connectivity index (χ4v) is 3.46. The van der Waals surface area contributed by atoms with E-state index in [1.165, 1.54) is 11.1 Å². The Morgan fingerprint density at radius 1 is 1.35 bits per heavy atom. The smallest absolute Gasteiger partial charge is 0.410 e. The standard InChI is InChI=1S/C16H20BrNO2/c1-16(2,3)20-15(19)18-9-11-6-12(17)4-5-14(11)10-7-13(18)8-10/h4-6,10,13H,7-9H2,1-3H3. The first-order chi connectivity index (χ1) is 9.33. The molecular formula is C16H20BrNO2. The molecule has 0 saturated heterocycles. The summed E-state index contributed by atoms with van der Waals surface area (Å²) in [4.78, 5) is 14.3. The van der Waals surface area contributed by atoms with Crippen LogP contribution in [0, 0.1) is 0 Å². The van der Waals surface area contributed by atoms with E-state index in [0.717, 1.165) is 17.3 Å². The number of benzene rings is 1. The van der Waals surface area contributed by atoms with E-state index < -0.39 is 5.60 Å². The predicted octanol–water partition coefficient (Wildman–Crippen LogP) is 4.45. The van der Waals surface area contributed by atoms with Gasteiger partial charge in [0.2, 0.25) is 0 Å². The quantitative estimate of drug-likeness (QED) is 0.700. The first-order valence-electron chi connectivity index (χ1n) is 7.11. The number of hydrogen-bond donors (Lipinski definition) is 0. The van der Waals surface area contributed by atoms with Crippen LogP contribution in [-0.4, -0.2) is 22.6 Å². The number of hydrogen-bond acceptors (Lipinski definition) is 2. The van der Waals surface area contributed by atoms with E-state index in [0.29, 0.717) is 18.5 Å². The molecule has 1 amide bonds. The molecule has 2 aliphatic heterocycles. The number of halogens is 1. The van der Waals surface area contributed by atoms with Crippen molar-refractivity contribution in [3.63, 3.8) is 0 Å². The summed E-state index contributed by atoms with van der Waals surface area (Å²) in [6.45, 7) is 6.40. The molecule has 0 aromatic heterocycles. The third-order valence-electron chi connectivity index (χ3n) is 4.07. The van der Waals surface area contributed by atoms with Gasteiger partial charge >= 0.3 is 6.09 Å². The minimum atomic E-state index is -0.438. The van der Waals surface area contributed by atoms with Crippen LogP contribution in [0.5, 0.6) is 0 Å². The molecule has 0 atom stereocenters. The van der Waals surface area contributed by atoms with E-state index >= 15 is 0 Å². The fraction of sp³-hybridized carbons (Fsp3) is 0.562. The largest absolute Gasteiger partial charge is 0.444 e. The van der Waals surface area contributed by atoms with Crippen LogP contribution in [0.3, 0.4) is 0 Å². The maximum atomic E-state index is 12.4. The van der Waals surface area contributed by atoms with Gasteiger partial charge in [-0.25, -0.2) is 4.79 Å². The Kier molecular flexibility index (Phi) is 3.32. The minimum Gasteiger partial charge on any atom is -0.444 e. The molecule has 4 heteroatoms. The Hall–Kier alpha value is -1.03. The molecule has 3 nitrogen and oxygen atoms in total. The lowest BCUT2D eigenvalue weighted by Gasteiger charge is -2.40. The van der Waals surface area contributed by atoms with Crippen molar-refractivity contribution in [2.75, 3.05) is 0 Å². The zero-order chi connectivity index (χ0) is 14.5. The summed E-state index contributed by atoms with van der Waals surface area (Å²) < 4.78 is 6.62. The Balaban J connectivity index is 1.86. The molecule has 20 heavy (non-hydrogen) atoms. The Bertz CT molecular complexity index is 544. The average molecular weight is 338 g/mol. The van der Waals surface area contributed by atoms with E-state index in [4.69, 9.17) is 4.74 Å². The monoisotopic (exact) mass is 337 g/mol. The molecule has 1 aliphatic carbocycles. The second kappa shape index (κ2) is 4.76. The zero-order valence-electron chi connectivity index (χ0n) is 12.1. The molecule has 0 radical (unpaired) electrons. The number of fused-ring (bicyclic) bond motifs is 1. The maximum Gasteiger partial charge on any atom is 0.410 e. The van der Waals surface area contributed by atoms with Crippen LogP contribution in [0.4, 0.5) is 4.79 Å². The lowest BCUT2D eigenvalue weighted by molar-refractivity contribution is 0.00452. The van der Waals surface area contributed by atoms with Crippen LogP contribution < -0.4 is 0 Å². The van der Waals surface area contributed by atoms with Crippen LogP contribution in [0.15, 0.2) is 22.7 Å². The highest BCUT2D eigenvalue weighted by Crippen LogP contribution is 2.45. The minimum absolute atomic E-state index is 0.186. The van der Waals surface area contributed by atoms with Crippen molar-refractivity contribution >= 4 is 22.0 Å². The van der Waals surface area contributed by atoms with Gasteiger partial charge in [0, 0.05) is 17.1 Å². The summed E-state index contributed by atoms with van der Waals surface area (Å²) in [6.07, 6.45) is 1.94. The van der Waals surface area contributed by atoms with E-state index in [2.05, 4.69) is 34.1 Å². The molecule has 1 fully saturated rings. The molecule has 1 aromatic carbocycles. The molecule has 0 spiro atoms. The van der Waals surface area contributed by atoms with Gasteiger partial charge in [0.15, 0.2) is 0 Å². The first-order valence-corrected chi connectivity index (χ1v) is 7.91. The number of carbonyl (C=O) groups excluding carboxylic acids is 1. The number of ether oxygens (including phenoxy) is 1. The second-order valence-corrected chi connectivity index (χ2v) is 7.69. The van der Waals surface area contributed by atoms with Gasteiger partial charge in [0.05, 0.1) is 0 Å². The van der Waals surface area contributed by atoms with Gasteiger partial charge in [0.25, 0.3) is 0 Å². The van der Waals surface area contributed by atoms with Crippen molar-refractivity contribution in [2.45, 2.75) is 57.7 Å². The highest BCUT2D eigenvalue weighted by molar-refractivity contribution is 9.10. The third kappa shape index (κ3) is 2.58. The van der Waals surface area contributed by atoms with Crippen LogP contribution in [-0.2, 0) is 11.3 Å². The lowest BCUT2D eigenvalue weighted by atomic mass is 9.76. The maximum absolute atomic E-state index is 12.4. The van der Waals surface area contributed by atoms with Gasteiger partial charge in [-0.05, 0) is 62.8 Å². The number of rotatable bonds is 0. The van der Waals surface area contributed by atoms with Gasteiger partial charge < -0.3 is 9.64 Å². The topological polar surface area (TPSA) is 29.5 Å². The van der Waals surface area contributed by atoms with E-state index in [1.807, 2.05) is 25.7 Å². The highest BCUT2D eigenvalue weighted by Gasteiger charge is 2.42. The summed E-state index contributed by atoms with van der Waals surface area (Å²) in [7, 11) is 0. The van der Waals surface area contributed by atoms with E-state index in [-0.39, 0.29) is 6.09 Å². The molecule has 108 valence electrons. The molecule has 0 unspecified atom stereocenters. The highest BCUT2D eigenvalue weighted by atomic mass is 79.9. The summed E-state index contributed by atoms with van der Waals surface area (Å²) in [5.74, 6) is 0.607. The first kappa shape index (κ1) is 13.9. The number of nitrogens with zero attached hydrogens (tertiary/aromatic N) is 1. The number of amides is 1. The molecule has 2 bridgehead atoms. The van der Waals surface area contributed by atoms with Gasteiger partial charge in [-0.15, -0.1) is 0 Å². The van der Waals surface area contributed by atoms with Crippen molar-refractivity contribution in [3.8, 4) is 0 Å².